The summed E-state index contributed by atoms with van der Waals surface area (Å²) in [5.41, 5.74) is 3.95. The molecule has 5 heteroatoms. The molecule has 0 unspecified atom stereocenters. The average Bonchev–Trinajstić information content (AvgIpc) is 2.54. The molecule has 0 aliphatic rings. The van der Waals surface area contributed by atoms with Gasteiger partial charge in [-0.2, -0.15) is 5.10 Å². The van der Waals surface area contributed by atoms with Crippen molar-refractivity contribution in [2.75, 3.05) is 0 Å². The highest BCUT2D eigenvalue weighted by Gasteiger charge is 2.06. The van der Waals surface area contributed by atoms with E-state index in [4.69, 9.17) is 0 Å². The zero-order valence-electron chi connectivity index (χ0n) is 11.5. The summed E-state index contributed by atoms with van der Waals surface area (Å²) in [6.07, 6.45) is 1.38. The van der Waals surface area contributed by atoms with E-state index in [2.05, 4.69) is 15.5 Å². The van der Waals surface area contributed by atoms with Crippen LogP contribution in [0.1, 0.15) is 16.1 Å². The van der Waals surface area contributed by atoms with Crippen LogP contribution in [0.4, 0.5) is 4.39 Å². The van der Waals surface area contributed by atoms with Crippen LogP contribution in [0.3, 0.4) is 0 Å². The Morgan fingerprint density at radius 3 is 2.82 bits per heavy atom. The molecule has 0 bridgehead atoms. The maximum absolute atomic E-state index is 13.0. The largest absolute Gasteiger partial charge is 0.289 e. The second kappa shape index (κ2) is 6.13. The number of nitrogens with one attached hydrogen (secondary N) is 1. The first-order chi connectivity index (χ1) is 10.7. The number of pyridine rings is 1. The van der Waals surface area contributed by atoms with E-state index >= 15 is 0 Å². The zero-order valence-corrected chi connectivity index (χ0v) is 11.5. The number of benzene rings is 2. The van der Waals surface area contributed by atoms with Gasteiger partial charge < -0.3 is 0 Å². The number of rotatable bonds is 3. The molecular formula is C17H12FN3O. The van der Waals surface area contributed by atoms with Gasteiger partial charge in [-0.15, -0.1) is 0 Å². The van der Waals surface area contributed by atoms with Crippen molar-refractivity contribution >= 4 is 23.0 Å². The topological polar surface area (TPSA) is 54.4 Å². The van der Waals surface area contributed by atoms with Crippen molar-refractivity contribution in [1.29, 1.82) is 0 Å². The van der Waals surface area contributed by atoms with Crippen molar-refractivity contribution in [2.45, 2.75) is 0 Å². The first-order valence-corrected chi connectivity index (χ1v) is 6.67. The van der Waals surface area contributed by atoms with E-state index in [1.54, 1.807) is 18.2 Å². The summed E-state index contributed by atoms with van der Waals surface area (Å²) in [4.78, 5) is 16.3. The number of hydrogen-bond donors (Lipinski definition) is 1. The molecule has 3 aromatic rings. The Hall–Kier alpha value is -3.08. The fourth-order valence-corrected chi connectivity index (χ4v) is 2.00. The summed E-state index contributed by atoms with van der Waals surface area (Å²) >= 11 is 0. The Bertz CT molecular complexity index is 861. The molecule has 0 aliphatic carbocycles. The van der Waals surface area contributed by atoms with E-state index < -0.39 is 5.91 Å². The van der Waals surface area contributed by atoms with Gasteiger partial charge in [0.15, 0.2) is 0 Å². The molecule has 1 amide bonds. The van der Waals surface area contributed by atoms with Gasteiger partial charge in [0.25, 0.3) is 5.91 Å². The highest BCUT2D eigenvalue weighted by molar-refractivity contribution is 5.95. The fourth-order valence-electron chi connectivity index (χ4n) is 2.00. The number of hydrazone groups is 1. The molecule has 108 valence electrons. The Morgan fingerprint density at radius 2 is 1.95 bits per heavy atom. The Morgan fingerprint density at radius 1 is 1.09 bits per heavy atom. The monoisotopic (exact) mass is 293 g/mol. The predicted molar refractivity (Wildman–Crippen MR) is 83.2 cm³/mol. The average molecular weight is 293 g/mol. The number of fused-ring (bicyclic) bond motifs is 1. The third-order valence-corrected chi connectivity index (χ3v) is 3.06. The number of halogens is 1. The lowest BCUT2D eigenvalue weighted by Gasteiger charge is -2.01. The molecular weight excluding hydrogens is 281 g/mol. The van der Waals surface area contributed by atoms with Crippen molar-refractivity contribution in [1.82, 2.24) is 10.4 Å². The van der Waals surface area contributed by atoms with E-state index in [9.17, 15) is 9.18 Å². The Kier molecular flexibility index (Phi) is 3.87. The number of carbonyl (C=O) groups is 1. The van der Waals surface area contributed by atoms with Gasteiger partial charge in [0.05, 0.1) is 11.7 Å². The van der Waals surface area contributed by atoms with Gasteiger partial charge in [-0.25, -0.2) is 14.8 Å². The number of hydrogen-bond acceptors (Lipinski definition) is 3. The van der Waals surface area contributed by atoms with Gasteiger partial charge in [0.1, 0.15) is 11.5 Å². The molecule has 0 saturated carbocycles. The quantitative estimate of drug-likeness (QED) is 0.596. The number of nitrogens with zero attached hydrogens (tertiary/aromatic N) is 2. The summed E-state index contributed by atoms with van der Waals surface area (Å²) in [7, 11) is 0. The number of carbonyl (C=O) groups excluding carboxylic acids is 1. The second-order valence-electron chi connectivity index (χ2n) is 4.64. The van der Waals surface area contributed by atoms with Crippen LogP contribution in [0.15, 0.2) is 65.8 Å². The molecule has 22 heavy (non-hydrogen) atoms. The normalized spacial score (nSPS) is 11.0. The van der Waals surface area contributed by atoms with Crippen LogP contribution in [0.2, 0.25) is 0 Å². The minimum Gasteiger partial charge on any atom is -0.266 e. The van der Waals surface area contributed by atoms with Gasteiger partial charge in [-0.1, -0.05) is 36.4 Å². The third kappa shape index (κ3) is 3.15. The van der Waals surface area contributed by atoms with Crippen molar-refractivity contribution < 1.29 is 9.18 Å². The van der Waals surface area contributed by atoms with Crippen molar-refractivity contribution in [3.8, 4) is 0 Å². The van der Waals surface area contributed by atoms with E-state index in [-0.39, 0.29) is 11.5 Å². The van der Waals surface area contributed by atoms with Crippen LogP contribution in [-0.2, 0) is 0 Å². The van der Waals surface area contributed by atoms with Crippen LogP contribution >= 0.6 is 0 Å². The Balaban J connectivity index is 1.73. The minimum absolute atomic E-state index is 0.273. The lowest BCUT2D eigenvalue weighted by molar-refractivity contribution is 0.0950. The molecule has 0 radical (unpaired) electrons. The fraction of sp³-hybridized carbons (Fsp3) is 0. The predicted octanol–water partition coefficient (Wildman–Crippen LogP) is 3.14. The van der Waals surface area contributed by atoms with Crippen molar-refractivity contribution in [3.63, 3.8) is 0 Å². The van der Waals surface area contributed by atoms with E-state index in [1.165, 1.54) is 18.3 Å². The lowest BCUT2D eigenvalue weighted by atomic mass is 10.2. The number of amides is 1. The van der Waals surface area contributed by atoms with Gasteiger partial charge in [-0.05, 0) is 29.8 Å². The van der Waals surface area contributed by atoms with Crippen LogP contribution in [0, 0.1) is 5.82 Å². The summed E-state index contributed by atoms with van der Waals surface area (Å²) in [6.45, 7) is 0. The van der Waals surface area contributed by atoms with Gasteiger partial charge in [0, 0.05) is 5.39 Å². The van der Waals surface area contributed by atoms with Crippen molar-refractivity contribution in [2.24, 2.45) is 5.10 Å². The molecule has 3 rings (SSSR count). The van der Waals surface area contributed by atoms with Gasteiger partial charge >= 0.3 is 0 Å². The van der Waals surface area contributed by atoms with Crippen LogP contribution in [0.5, 0.6) is 0 Å². The zero-order chi connectivity index (χ0) is 15.4. The number of para-hydroxylation sites is 1. The van der Waals surface area contributed by atoms with Gasteiger partial charge in [0.2, 0.25) is 0 Å². The SMILES string of the molecule is O=C(N/N=C\c1cccc(F)c1)c1ccc2ccccc2n1. The van der Waals surface area contributed by atoms with E-state index in [1.807, 2.05) is 30.3 Å². The lowest BCUT2D eigenvalue weighted by Crippen LogP contribution is -2.18. The minimum atomic E-state index is -0.418. The Labute approximate surface area is 126 Å². The van der Waals surface area contributed by atoms with Crippen LogP contribution < -0.4 is 5.43 Å². The molecule has 4 nitrogen and oxygen atoms in total. The molecule has 1 heterocycles. The smallest absolute Gasteiger partial charge is 0.266 e. The van der Waals surface area contributed by atoms with Crippen LogP contribution in [0.25, 0.3) is 10.9 Å². The highest BCUT2D eigenvalue weighted by Crippen LogP contribution is 2.11. The second-order valence-corrected chi connectivity index (χ2v) is 4.64. The molecule has 1 N–H and O–H groups in total. The molecule has 0 saturated heterocycles. The van der Waals surface area contributed by atoms with Crippen molar-refractivity contribution in [3.05, 3.63) is 77.7 Å². The summed E-state index contributed by atoms with van der Waals surface area (Å²) < 4.78 is 13.0. The molecule has 0 aliphatic heterocycles. The van der Waals surface area contributed by atoms with E-state index in [0.29, 0.717) is 5.56 Å². The molecule has 2 aromatic carbocycles. The van der Waals surface area contributed by atoms with E-state index in [0.717, 1.165) is 10.9 Å². The molecule has 0 atom stereocenters. The number of aromatic nitrogens is 1. The molecule has 0 fully saturated rings. The maximum Gasteiger partial charge on any atom is 0.289 e. The third-order valence-electron chi connectivity index (χ3n) is 3.06. The van der Waals surface area contributed by atoms with Crippen LogP contribution in [-0.4, -0.2) is 17.1 Å². The van der Waals surface area contributed by atoms with Gasteiger partial charge in [-0.3, -0.25) is 4.79 Å². The molecule has 1 aromatic heterocycles. The standard InChI is InChI=1S/C17H12FN3O/c18-14-6-3-4-12(10-14)11-19-21-17(22)16-9-8-13-5-1-2-7-15(13)20-16/h1-11H,(H,21,22)/b19-11-. The summed E-state index contributed by atoms with van der Waals surface area (Å²) in [6, 6.07) is 16.9. The first-order valence-electron chi connectivity index (χ1n) is 6.67. The summed E-state index contributed by atoms with van der Waals surface area (Å²) in [5.74, 6) is -0.773. The molecule has 0 spiro atoms. The first kappa shape index (κ1) is 13.9. The maximum atomic E-state index is 13.0. The summed E-state index contributed by atoms with van der Waals surface area (Å²) in [5, 5.41) is 4.77. The highest BCUT2D eigenvalue weighted by atomic mass is 19.1.